The number of hydrogen-bond acceptors (Lipinski definition) is 6. The molecule has 10 heteroatoms. The summed E-state index contributed by atoms with van der Waals surface area (Å²) >= 11 is 0. The molecular formula is C13H11F3N4O3. The average molecular weight is 328 g/mol. The Balaban J connectivity index is 2.38. The third-order valence-electron chi connectivity index (χ3n) is 2.69. The van der Waals surface area contributed by atoms with E-state index in [0.717, 1.165) is 0 Å². The predicted octanol–water partition coefficient (Wildman–Crippen LogP) is 3.55. The summed E-state index contributed by atoms with van der Waals surface area (Å²) in [7, 11) is 0. The fourth-order valence-electron chi connectivity index (χ4n) is 1.73. The lowest BCUT2D eigenvalue weighted by atomic mass is 10.2. The molecule has 0 aliphatic rings. The molecule has 0 spiro atoms. The average Bonchev–Trinajstić information content (AvgIpc) is 2.47. The van der Waals surface area contributed by atoms with Crippen molar-refractivity contribution in [2.45, 2.75) is 13.1 Å². The van der Waals surface area contributed by atoms with E-state index in [9.17, 15) is 23.3 Å². The van der Waals surface area contributed by atoms with E-state index < -0.39 is 22.5 Å². The van der Waals surface area contributed by atoms with Crippen molar-refractivity contribution in [1.29, 1.82) is 0 Å². The molecule has 0 unspecified atom stereocenters. The summed E-state index contributed by atoms with van der Waals surface area (Å²) in [6, 6.07) is 5.63. The lowest BCUT2D eigenvalue weighted by molar-refractivity contribution is -0.383. The van der Waals surface area contributed by atoms with Gasteiger partial charge in [0.1, 0.15) is 11.3 Å². The first-order valence-corrected chi connectivity index (χ1v) is 6.40. The van der Waals surface area contributed by atoms with Crippen LogP contribution in [0.5, 0.6) is 5.88 Å². The quantitative estimate of drug-likeness (QED) is 0.667. The first-order chi connectivity index (χ1) is 10.8. The fourth-order valence-corrected chi connectivity index (χ4v) is 1.73. The number of nitrogens with one attached hydrogen (secondary N) is 1. The van der Waals surface area contributed by atoms with E-state index in [1.54, 1.807) is 0 Å². The second-order valence-corrected chi connectivity index (χ2v) is 4.24. The Hall–Kier alpha value is -2.91. The molecule has 0 saturated heterocycles. The Labute approximate surface area is 128 Å². The van der Waals surface area contributed by atoms with Crippen LogP contribution in [-0.4, -0.2) is 21.5 Å². The molecular weight excluding hydrogens is 317 g/mol. The molecule has 122 valence electrons. The first kappa shape index (κ1) is 16.5. The molecule has 0 aliphatic carbocycles. The Morgan fingerprint density at radius 3 is 2.65 bits per heavy atom. The lowest BCUT2D eigenvalue weighted by Gasteiger charge is -2.13. The summed E-state index contributed by atoms with van der Waals surface area (Å²) in [6.07, 6.45) is -4.10. The molecule has 1 aromatic heterocycles. The van der Waals surface area contributed by atoms with Gasteiger partial charge in [-0.05, 0) is 13.0 Å². The van der Waals surface area contributed by atoms with Crippen LogP contribution in [0.3, 0.4) is 0 Å². The smallest absolute Gasteiger partial charge is 0.423 e. The van der Waals surface area contributed by atoms with Gasteiger partial charge in [-0.3, -0.25) is 10.1 Å². The number of ether oxygens (including phenoxy) is 1. The number of nitro groups is 1. The van der Waals surface area contributed by atoms with Crippen molar-refractivity contribution in [3.8, 4) is 5.88 Å². The number of hydrogen-bond donors (Lipinski definition) is 1. The van der Waals surface area contributed by atoms with E-state index in [2.05, 4.69) is 15.3 Å². The molecule has 0 radical (unpaired) electrons. The van der Waals surface area contributed by atoms with Gasteiger partial charge in [0.15, 0.2) is 0 Å². The third-order valence-corrected chi connectivity index (χ3v) is 2.69. The highest BCUT2D eigenvalue weighted by atomic mass is 19.4. The van der Waals surface area contributed by atoms with E-state index >= 15 is 0 Å². The summed E-state index contributed by atoms with van der Waals surface area (Å²) in [6.45, 7) is 1.49. The van der Waals surface area contributed by atoms with Crippen molar-refractivity contribution >= 4 is 17.3 Å². The number of para-hydroxylation sites is 2. The minimum atomic E-state index is -4.66. The summed E-state index contributed by atoms with van der Waals surface area (Å²) in [4.78, 5) is 17.5. The number of rotatable bonds is 5. The molecule has 0 aliphatic heterocycles. The van der Waals surface area contributed by atoms with Gasteiger partial charge < -0.3 is 10.1 Å². The van der Waals surface area contributed by atoms with Crippen molar-refractivity contribution < 1.29 is 22.8 Å². The van der Waals surface area contributed by atoms with Crippen LogP contribution in [0.1, 0.15) is 12.5 Å². The Kier molecular flexibility index (Phi) is 4.63. The Bertz CT molecular complexity index is 722. The Morgan fingerprint density at radius 2 is 2.04 bits per heavy atom. The van der Waals surface area contributed by atoms with Crippen molar-refractivity contribution in [3.05, 3.63) is 46.1 Å². The van der Waals surface area contributed by atoms with Crippen LogP contribution in [0.4, 0.5) is 30.5 Å². The van der Waals surface area contributed by atoms with Crippen molar-refractivity contribution in [2.75, 3.05) is 11.9 Å². The number of nitro benzene ring substituents is 1. The van der Waals surface area contributed by atoms with Gasteiger partial charge in [0.25, 0.3) is 5.69 Å². The molecule has 1 aromatic carbocycles. The van der Waals surface area contributed by atoms with Crippen molar-refractivity contribution in [2.24, 2.45) is 0 Å². The number of nitrogens with zero attached hydrogens (tertiary/aromatic N) is 3. The highest BCUT2D eigenvalue weighted by Crippen LogP contribution is 2.35. The second-order valence-electron chi connectivity index (χ2n) is 4.24. The monoisotopic (exact) mass is 328 g/mol. The van der Waals surface area contributed by atoms with Crippen LogP contribution in [0, 0.1) is 10.1 Å². The maximum atomic E-state index is 12.8. The zero-order valence-electron chi connectivity index (χ0n) is 11.8. The molecule has 7 nitrogen and oxygen atoms in total. The number of anilines is 2. The van der Waals surface area contributed by atoms with E-state index in [-0.39, 0.29) is 23.9 Å². The molecule has 1 N–H and O–H groups in total. The van der Waals surface area contributed by atoms with Crippen molar-refractivity contribution in [1.82, 2.24) is 9.97 Å². The molecule has 2 rings (SSSR count). The van der Waals surface area contributed by atoms with Gasteiger partial charge in [0, 0.05) is 12.3 Å². The highest BCUT2D eigenvalue weighted by molar-refractivity contribution is 5.66. The third kappa shape index (κ3) is 3.84. The molecule has 2 aromatic rings. The number of benzene rings is 1. The number of halogens is 3. The maximum absolute atomic E-state index is 12.8. The van der Waals surface area contributed by atoms with Gasteiger partial charge in [0.2, 0.25) is 11.8 Å². The van der Waals surface area contributed by atoms with E-state index in [4.69, 9.17) is 4.74 Å². The van der Waals surface area contributed by atoms with Crippen LogP contribution in [-0.2, 0) is 6.18 Å². The summed E-state index contributed by atoms with van der Waals surface area (Å²) in [5.41, 5.74) is -1.32. The lowest BCUT2D eigenvalue weighted by Crippen LogP contribution is -2.12. The van der Waals surface area contributed by atoms with E-state index in [0.29, 0.717) is 6.20 Å². The molecule has 1 heterocycles. The van der Waals surface area contributed by atoms with Gasteiger partial charge in [-0.15, -0.1) is 0 Å². The van der Waals surface area contributed by atoms with Gasteiger partial charge in [-0.25, -0.2) is 4.98 Å². The molecule has 0 amide bonds. The van der Waals surface area contributed by atoms with Crippen LogP contribution in [0.25, 0.3) is 0 Å². The summed E-state index contributed by atoms with van der Waals surface area (Å²) in [5.74, 6) is -0.883. The summed E-state index contributed by atoms with van der Waals surface area (Å²) in [5, 5.41) is 13.4. The molecule has 0 atom stereocenters. The van der Waals surface area contributed by atoms with Crippen LogP contribution < -0.4 is 10.1 Å². The molecule has 0 bridgehead atoms. The van der Waals surface area contributed by atoms with Gasteiger partial charge in [-0.2, -0.15) is 18.2 Å². The minimum absolute atomic E-state index is 0.0228. The Morgan fingerprint density at radius 1 is 1.35 bits per heavy atom. The molecule has 23 heavy (non-hydrogen) atoms. The van der Waals surface area contributed by atoms with Crippen LogP contribution >= 0.6 is 0 Å². The van der Waals surface area contributed by atoms with E-state index in [1.807, 2.05) is 0 Å². The second kappa shape index (κ2) is 6.46. The number of aromatic nitrogens is 2. The van der Waals surface area contributed by atoms with Crippen LogP contribution in [0.2, 0.25) is 0 Å². The van der Waals surface area contributed by atoms with Gasteiger partial charge in [0.05, 0.1) is 11.5 Å². The van der Waals surface area contributed by atoms with Gasteiger partial charge in [-0.1, -0.05) is 12.1 Å². The maximum Gasteiger partial charge on any atom is 0.423 e. The summed E-state index contributed by atoms with van der Waals surface area (Å²) < 4.78 is 43.4. The van der Waals surface area contributed by atoms with Crippen LogP contribution in [0.15, 0.2) is 30.5 Å². The minimum Gasteiger partial charge on any atom is -0.477 e. The predicted molar refractivity (Wildman–Crippen MR) is 74.6 cm³/mol. The van der Waals surface area contributed by atoms with Gasteiger partial charge >= 0.3 is 6.18 Å². The normalized spacial score (nSPS) is 11.1. The largest absolute Gasteiger partial charge is 0.477 e. The standard InChI is InChI=1S/C13H11F3N4O3/c1-2-23-11-8(13(14,15)16)7-17-12(19-11)18-9-5-3-4-6-10(9)20(21)22/h3-7H,2H2,1H3,(H,17,18,19). The highest BCUT2D eigenvalue weighted by Gasteiger charge is 2.36. The zero-order valence-corrected chi connectivity index (χ0v) is 11.8. The molecule has 0 saturated carbocycles. The fraction of sp³-hybridized carbons (Fsp3) is 0.231. The SMILES string of the molecule is CCOc1nc(Nc2ccccc2[N+](=O)[O-])ncc1C(F)(F)F. The number of alkyl halides is 3. The topological polar surface area (TPSA) is 90.2 Å². The first-order valence-electron chi connectivity index (χ1n) is 6.40. The zero-order chi connectivity index (χ0) is 17.0. The van der Waals surface area contributed by atoms with Crippen molar-refractivity contribution in [3.63, 3.8) is 0 Å². The molecule has 0 fully saturated rings. The van der Waals surface area contributed by atoms with E-state index in [1.165, 1.54) is 31.2 Å².